The van der Waals surface area contributed by atoms with Gasteiger partial charge in [-0.2, -0.15) is 8.78 Å². The first kappa shape index (κ1) is 16.5. The molecule has 0 heterocycles. The SMILES string of the molecule is CC(C)(C)OC(=O)C[C@@H](CC(F)=C(F)F)C(=O)O. The van der Waals surface area contributed by atoms with Gasteiger partial charge in [0.2, 0.25) is 0 Å². The monoisotopic (exact) mass is 268 g/mol. The maximum absolute atomic E-state index is 12.6. The van der Waals surface area contributed by atoms with Gasteiger partial charge in [0.05, 0.1) is 12.3 Å². The van der Waals surface area contributed by atoms with Crippen molar-refractivity contribution in [2.75, 3.05) is 0 Å². The molecule has 0 saturated heterocycles. The topological polar surface area (TPSA) is 63.6 Å². The lowest BCUT2D eigenvalue weighted by Crippen LogP contribution is -2.27. The lowest BCUT2D eigenvalue weighted by molar-refractivity contribution is -0.159. The van der Waals surface area contributed by atoms with Crippen LogP contribution in [0.2, 0.25) is 0 Å². The quantitative estimate of drug-likeness (QED) is 0.779. The highest BCUT2D eigenvalue weighted by Crippen LogP contribution is 2.22. The van der Waals surface area contributed by atoms with Crippen LogP contribution in [-0.4, -0.2) is 22.6 Å². The first-order chi connectivity index (χ1) is 8.03. The highest BCUT2D eigenvalue weighted by Gasteiger charge is 2.27. The van der Waals surface area contributed by atoms with Gasteiger partial charge in [0, 0.05) is 6.42 Å². The fourth-order valence-corrected chi connectivity index (χ4v) is 1.12. The van der Waals surface area contributed by atoms with Gasteiger partial charge < -0.3 is 9.84 Å². The van der Waals surface area contributed by atoms with Gasteiger partial charge in [0.15, 0.2) is 5.83 Å². The summed E-state index contributed by atoms with van der Waals surface area (Å²) in [5.74, 6) is -5.80. The molecule has 0 saturated carbocycles. The van der Waals surface area contributed by atoms with E-state index in [1.165, 1.54) is 0 Å². The van der Waals surface area contributed by atoms with Gasteiger partial charge in [-0.3, -0.25) is 9.59 Å². The third kappa shape index (κ3) is 6.93. The highest BCUT2D eigenvalue weighted by molar-refractivity contribution is 5.79. The van der Waals surface area contributed by atoms with Crippen molar-refractivity contribution in [3.05, 3.63) is 11.9 Å². The Morgan fingerprint density at radius 1 is 1.17 bits per heavy atom. The van der Waals surface area contributed by atoms with E-state index < -0.39 is 48.2 Å². The van der Waals surface area contributed by atoms with Gasteiger partial charge in [0.1, 0.15) is 5.60 Å². The summed E-state index contributed by atoms with van der Waals surface area (Å²) in [7, 11) is 0. The Bertz CT molecular complexity index is 354. The second kappa shape index (κ2) is 6.42. The normalized spacial score (nSPS) is 12.8. The van der Waals surface area contributed by atoms with E-state index in [1.54, 1.807) is 20.8 Å². The summed E-state index contributed by atoms with van der Waals surface area (Å²) in [4.78, 5) is 22.0. The summed E-state index contributed by atoms with van der Waals surface area (Å²) in [5.41, 5.74) is -0.820. The van der Waals surface area contributed by atoms with Crippen molar-refractivity contribution in [1.82, 2.24) is 0 Å². The fourth-order valence-electron chi connectivity index (χ4n) is 1.12. The number of carboxylic acids is 1. The molecule has 0 aliphatic heterocycles. The first-order valence-electron chi connectivity index (χ1n) is 5.17. The number of carbonyl (C=O) groups is 2. The maximum Gasteiger partial charge on any atom is 0.307 e. The van der Waals surface area contributed by atoms with Crippen molar-refractivity contribution in [2.24, 2.45) is 5.92 Å². The zero-order valence-corrected chi connectivity index (χ0v) is 10.3. The molecule has 0 aromatic heterocycles. The van der Waals surface area contributed by atoms with Crippen molar-refractivity contribution in [2.45, 2.75) is 39.2 Å². The van der Waals surface area contributed by atoms with Gasteiger partial charge in [-0.25, -0.2) is 4.39 Å². The summed E-state index contributed by atoms with van der Waals surface area (Å²) >= 11 is 0. The molecule has 0 aromatic rings. The Balaban J connectivity index is 4.61. The predicted molar refractivity (Wildman–Crippen MR) is 56.6 cm³/mol. The van der Waals surface area contributed by atoms with E-state index >= 15 is 0 Å². The molecule has 0 fully saturated rings. The maximum atomic E-state index is 12.6. The van der Waals surface area contributed by atoms with Crippen molar-refractivity contribution in [3.63, 3.8) is 0 Å². The van der Waals surface area contributed by atoms with Crippen LogP contribution in [0.4, 0.5) is 13.2 Å². The van der Waals surface area contributed by atoms with Crippen LogP contribution in [-0.2, 0) is 14.3 Å². The van der Waals surface area contributed by atoms with Crippen molar-refractivity contribution < 1.29 is 32.6 Å². The fraction of sp³-hybridized carbons (Fsp3) is 0.636. The minimum absolute atomic E-state index is 0.659. The summed E-state index contributed by atoms with van der Waals surface area (Å²) in [6, 6.07) is 0. The second-order valence-electron chi connectivity index (χ2n) is 4.70. The Kier molecular flexibility index (Phi) is 5.87. The molecule has 0 aliphatic rings. The molecule has 18 heavy (non-hydrogen) atoms. The number of ether oxygens (including phenoxy) is 1. The number of hydrogen-bond acceptors (Lipinski definition) is 3. The summed E-state index contributed by atoms with van der Waals surface area (Å²) in [6.07, 6.45) is -4.27. The Morgan fingerprint density at radius 2 is 1.67 bits per heavy atom. The van der Waals surface area contributed by atoms with Crippen LogP contribution in [0.5, 0.6) is 0 Å². The molecule has 0 aromatic carbocycles. The van der Waals surface area contributed by atoms with Crippen molar-refractivity contribution in [1.29, 1.82) is 0 Å². The molecule has 4 nitrogen and oxygen atoms in total. The number of carbonyl (C=O) groups excluding carboxylic acids is 1. The van der Waals surface area contributed by atoms with Gasteiger partial charge >= 0.3 is 18.0 Å². The van der Waals surface area contributed by atoms with Gasteiger partial charge in [-0.1, -0.05) is 0 Å². The van der Waals surface area contributed by atoms with E-state index in [2.05, 4.69) is 0 Å². The average molecular weight is 268 g/mol. The molecule has 0 rings (SSSR count). The number of esters is 1. The van der Waals surface area contributed by atoms with E-state index in [4.69, 9.17) is 9.84 Å². The zero-order chi connectivity index (χ0) is 14.5. The van der Waals surface area contributed by atoms with E-state index in [9.17, 15) is 22.8 Å². The molecule has 0 aliphatic carbocycles. The summed E-state index contributed by atoms with van der Waals surface area (Å²) in [6.45, 7) is 4.72. The van der Waals surface area contributed by atoms with Gasteiger partial charge in [-0.15, -0.1) is 0 Å². The lowest BCUT2D eigenvalue weighted by atomic mass is 10.0. The first-order valence-corrected chi connectivity index (χ1v) is 5.17. The van der Waals surface area contributed by atoms with Crippen LogP contribution in [0.1, 0.15) is 33.6 Å². The molecule has 0 spiro atoms. The minimum Gasteiger partial charge on any atom is -0.481 e. The number of halogens is 3. The van der Waals surface area contributed by atoms with Crippen molar-refractivity contribution >= 4 is 11.9 Å². The number of allylic oxidation sites excluding steroid dienone is 1. The highest BCUT2D eigenvalue weighted by atomic mass is 19.3. The zero-order valence-electron chi connectivity index (χ0n) is 10.3. The van der Waals surface area contributed by atoms with Crippen LogP contribution in [0, 0.1) is 5.92 Å². The van der Waals surface area contributed by atoms with Crippen LogP contribution in [0.3, 0.4) is 0 Å². The summed E-state index contributed by atoms with van der Waals surface area (Å²) < 4.78 is 41.2. The molecule has 104 valence electrons. The Morgan fingerprint density at radius 3 is 2.00 bits per heavy atom. The van der Waals surface area contributed by atoms with Crippen LogP contribution in [0.15, 0.2) is 11.9 Å². The molecule has 0 amide bonds. The number of hydrogen-bond donors (Lipinski definition) is 1. The van der Waals surface area contributed by atoms with E-state index in [-0.39, 0.29) is 0 Å². The molecule has 0 unspecified atom stereocenters. The largest absolute Gasteiger partial charge is 0.481 e. The van der Waals surface area contributed by atoms with Crippen LogP contribution >= 0.6 is 0 Å². The molecular formula is C11H15F3O4. The van der Waals surface area contributed by atoms with Crippen LogP contribution in [0.25, 0.3) is 0 Å². The third-order valence-corrected chi connectivity index (χ3v) is 1.81. The molecule has 1 N–H and O–H groups in total. The molecule has 0 bridgehead atoms. The summed E-state index contributed by atoms with van der Waals surface area (Å²) in [5, 5.41) is 8.71. The lowest BCUT2D eigenvalue weighted by Gasteiger charge is -2.20. The standard InChI is InChI=1S/C11H15F3O4/c1-11(2,3)18-8(15)5-6(10(16)17)4-7(12)9(13)14/h6H,4-5H2,1-3H3,(H,16,17)/t6-/m1/s1. The number of carboxylic acid groups (broad SMARTS) is 1. The Labute approximate surface area is 102 Å². The smallest absolute Gasteiger partial charge is 0.307 e. The van der Waals surface area contributed by atoms with E-state index in [1.807, 2.05) is 0 Å². The minimum atomic E-state index is -2.58. The van der Waals surface area contributed by atoms with Crippen LogP contribution < -0.4 is 0 Å². The third-order valence-electron chi connectivity index (χ3n) is 1.81. The van der Waals surface area contributed by atoms with Gasteiger partial charge in [0.25, 0.3) is 0 Å². The van der Waals surface area contributed by atoms with Gasteiger partial charge in [-0.05, 0) is 20.8 Å². The molecule has 0 radical (unpaired) electrons. The van der Waals surface area contributed by atoms with E-state index in [0.29, 0.717) is 0 Å². The Hall–Kier alpha value is -1.53. The molecular weight excluding hydrogens is 253 g/mol. The predicted octanol–water partition coefficient (Wildman–Crippen LogP) is 2.89. The van der Waals surface area contributed by atoms with Crippen molar-refractivity contribution in [3.8, 4) is 0 Å². The average Bonchev–Trinajstić information content (AvgIpc) is 2.12. The number of aliphatic carboxylic acids is 1. The van der Waals surface area contributed by atoms with E-state index in [0.717, 1.165) is 0 Å². The molecule has 7 heteroatoms. The second-order valence-corrected chi connectivity index (χ2v) is 4.70. The number of rotatable bonds is 5. The molecule has 1 atom stereocenters.